The van der Waals surface area contributed by atoms with E-state index in [1.807, 2.05) is 6.07 Å². The maximum absolute atomic E-state index is 6.75. The van der Waals surface area contributed by atoms with Crippen molar-refractivity contribution in [2.45, 2.75) is 0 Å². The molecule has 0 saturated heterocycles. The maximum atomic E-state index is 6.75. The molecule has 0 aliphatic carbocycles. The molecule has 0 unspecified atom stereocenters. The number of hydrogen-bond acceptors (Lipinski definition) is 2. The van der Waals surface area contributed by atoms with Crippen LogP contribution in [0.15, 0.2) is 217 Å². The van der Waals surface area contributed by atoms with Gasteiger partial charge < -0.3 is 9.32 Å². The maximum Gasteiger partial charge on any atom is 0.143 e. The Morgan fingerprint density at radius 1 is 0.259 bits per heavy atom. The summed E-state index contributed by atoms with van der Waals surface area (Å²) < 4.78 is 6.75. The van der Waals surface area contributed by atoms with E-state index in [0.717, 1.165) is 61.3 Å². The van der Waals surface area contributed by atoms with E-state index < -0.39 is 0 Å². The molecular weight excluding hydrogens is 655 g/mol. The van der Waals surface area contributed by atoms with Crippen molar-refractivity contribution >= 4 is 49.8 Å². The first-order chi connectivity index (χ1) is 26.8. The monoisotopic (exact) mass is 689 g/mol. The van der Waals surface area contributed by atoms with Crippen molar-refractivity contribution in [3.05, 3.63) is 212 Å². The highest BCUT2D eigenvalue weighted by Gasteiger charge is 2.18. The van der Waals surface area contributed by atoms with Gasteiger partial charge in [-0.05, 0) is 80.6 Å². The number of benzene rings is 9. The summed E-state index contributed by atoms with van der Waals surface area (Å²) in [6, 6.07) is 75.7. The van der Waals surface area contributed by atoms with Gasteiger partial charge in [0.05, 0.1) is 0 Å². The number of fused-ring (bicyclic) bond motifs is 4. The van der Waals surface area contributed by atoms with Crippen LogP contribution in [0, 0.1) is 0 Å². The van der Waals surface area contributed by atoms with E-state index in [1.165, 1.54) is 33.0 Å². The van der Waals surface area contributed by atoms with Crippen LogP contribution in [0.1, 0.15) is 0 Å². The standard InChI is InChI=1S/C52H35NO/c1-3-12-36(13-4-1)37-24-30-42(31-25-37)53(43-32-26-40(27-33-43)46-19-9-17-38-16-7-8-18-45(38)46)44-34-28-41(29-35-44)48-21-11-23-50-49-22-10-20-47(51(49)54-52(48)50)39-14-5-2-6-15-39/h1-35H. The molecule has 0 amide bonds. The number of nitrogens with zero attached hydrogens (tertiary/aromatic N) is 1. The minimum absolute atomic E-state index is 0.904. The van der Waals surface area contributed by atoms with Crippen molar-refractivity contribution < 1.29 is 4.42 Å². The summed E-state index contributed by atoms with van der Waals surface area (Å²) in [5, 5.41) is 4.75. The van der Waals surface area contributed by atoms with E-state index in [9.17, 15) is 0 Å². The zero-order valence-electron chi connectivity index (χ0n) is 29.6. The van der Waals surface area contributed by atoms with Crippen LogP contribution in [0.25, 0.3) is 77.2 Å². The van der Waals surface area contributed by atoms with E-state index in [2.05, 4.69) is 211 Å². The first-order valence-electron chi connectivity index (χ1n) is 18.4. The molecule has 0 bridgehead atoms. The van der Waals surface area contributed by atoms with E-state index >= 15 is 0 Å². The number of furan rings is 1. The highest BCUT2D eigenvalue weighted by atomic mass is 16.3. The Morgan fingerprint density at radius 2 is 0.630 bits per heavy atom. The van der Waals surface area contributed by atoms with Crippen molar-refractivity contribution in [1.29, 1.82) is 0 Å². The first-order valence-corrected chi connectivity index (χ1v) is 18.4. The summed E-state index contributed by atoms with van der Waals surface area (Å²) in [5.41, 5.74) is 14.3. The molecule has 0 saturated carbocycles. The predicted molar refractivity (Wildman–Crippen MR) is 228 cm³/mol. The number of hydrogen-bond donors (Lipinski definition) is 0. The molecule has 0 aliphatic rings. The van der Waals surface area contributed by atoms with Gasteiger partial charge in [-0.1, -0.05) is 176 Å². The fourth-order valence-electron chi connectivity index (χ4n) is 7.83. The Hall–Kier alpha value is -7.16. The summed E-state index contributed by atoms with van der Waals surface area (Å²) in [5.74, 6) is 0. The molecule has 1 heterocycles. The van der Waals surface area contributed by atoms with Crippen LogP contribution in [0.4, 0.5) is 17.1 Å². The first kappa shape index (κ1) is 31.6. The molecule has 10 rings (SSSR count). The normalized spacial score (nSPS) is 11.3. The van der Waals surface area contributed by atoms with Gasteiger partial charge in [-0.25, -0.2) is 0 Å². The van der Waals surface area contributed by atoms with Crippen LogP contribution in [-0.4, -0.2) is 0 Å². The topological polar surface area (TPSA) is 16.4 Å². The van der Waals surface area contributed by atoms with E-state index in [0.29, 0.717) is 0 Å². The molecule has 0 radical (unpaired) electrons. The average Bonchev–Trinajstić information content (AvgIpc) is 3.64. The van der Waals surface area contributed by atoms with Gasteiger partial charge in [-0.2, -0.15) is 0 Å². The molecule has 1 aromatic heterocycles. The minimum atomic E-state index is 0.904. The Kier molecular flexibility index (Phi) is 7.85. The van der Waals surface area contributed by atoms with Crippen molar-refractivity contribution in [1.82, 2.24) is 0 Å². The quantitative estimate of drug-likeness (QED) is 0.166. The molecule has 54 heavy (non-hydrogen) atoms. The summed E-state index contributed by atoms with van der Waals surface area (Å²) in [6.07, 6.45) is 0. The Balaban J connectivity index is 1.05. The van der Waals surface area contributed by atoms with Gasteiger partial charge in [0.1, 0.15) is 11.2 Å². The van der Waals surface area contributed by atoms with Crippen molar-refractivity contribution in [3.8, 4) is 44.5 Å². The van der Waals surface area contributed by atoms with Gasteiger partial charge in [-0.15, -0.1) is 0 Å². The summed E-state index contributed by atoms with van der Waals surface area (Å²) in [7, 11) is 0. The van der Waals surface area contributed by atoms with Gasteiger partial charge in [0.25, 0.3) is 0 Å². The fourth-order valence-corrected chi connectivity index (χ4v) is 7.83. The Morgan fingerprint density at radius 3 is 1.20 bits per heavy atom. The largest absolute Gasteiger partial charge is 0.455 e. The van der Waals surface area contributed by atoms with Crippen molar-refractivity contribution in [2.75, 3.05) is 4.90 Å². The lowest BCUT2D eigenvalue weighted by molar-refractivity contribution is 0.671. The summed E-state index contributed by atoms with van der Waals surface area (Å²) >= 11 is 0. The molecule has 0 aliphatic heterocycles. The molecule has 2 heteroatoms. The second kappa shape index (κ2) is 13.4. The minimum Gasteiger partial charge on any atom is -0.455 e. The van der Waals surface area contributed by atoms with Gasteiger partial charge in [0.15, 0.2) is 0 Å². The van der Waals surface area contributed by atoms with E-state index in [-0.39, 0.29) is 0 Å². The lowest BCUT2D eigenvalue weighted by atomic mass is 9.98. The third-order valence-electron chi connectivity index (χ3n) is 10.5. The SMILES string of the molecule is c1ccc(-c2ccc(N(c3ccc(-c4cccc5ccccc45)cc3)c3ccc(-c4cccc5c4oc4c(-c6ccccc6)cccc45)cc3)cc2)cc1. The molecule has 10 aromatic rings. The zero-order chi connectivity index (χ0) is 35.8. The molecule has 254 valence electrons. The molecule has 0 fully saturated rings. The second-order valence-electron chi connectivity index (χ2n) is 13.7. The highest BCUT2D eigenvalue weighted by Crippen LogP contribution is 2.42. The number of para-hydroxylation sites is 2. The number of rotatable bonds is 7. The van der Waals surface area contributed by atoms with E-state index in [1.54, 1.807) is 0 Å². The Labute approximate surface area is 314 Å². The van der Waals surface area contributed by atoms with Gasteiger partial charge >= 0.3 is 0 Å². The van der Waals surface area contributed by atoms with Gasteiger partial charge in [0.2, 0.25) is 0 Å². The molecule has 0 N–H and O–H groups in total. The number of anilines is 3. The molecule has 2 nitrogen and oxygen atoms in total. The second-order valence-corrected chi connectivity index (χ2v) is 13.7. The van der Waals surface area contributed by atoms with Crippen LogP contribution in [0.2, 0.25) is 0 Å². The lowest BCUT2D eigenvalue weighted by Crippen LogP contribution is -2.09. The van der Waals surface area contributed by atoms with Crippen molar-refractivity contribution in [3.63, 3.8) is 0 Å². The lowest BCUT2D eigenvalue weighted by Gasteiger charge is -2.26. The Bertz CT molecular complexity index is 2880. The molecule has 9 aromatic carbocycles. The van der Waals surface area contributed by atoms with Crippen LogP contribution in [-0.2, 0) is 0 Å². The van der Waals surface area contributed by atoms with Crippen molar-refractivity contribution in [2.24, 2.45) is 0 Å². The van der Waals surface area contributed by atoms with Crippen LogP contribution in [0.5, 0.6) is 0 Å². The predicted octanol–water partition coefficient (Wildman–Crippen LogP) is 14.9. The van der Waals surface area contributed by atoms with Crippen LogP contribution >= 0.6 is 0 Å². The third-order valence-corrected chi connectivity index (χ3v) is 10.5. The zero-order valence-corrected chi connectivity index (χ0v) is 29.6. The van der Waals surface area contributed by atoms with Gasteiger partial charge in [0, 0.05) is 39.0 Å². The highest BCUT2D eigenvalue weighted by molar-refractivity contribution is 6.13. The fraction of sp³-hybridized carbons (Fsp3) is 0. The van der Waals surface area contributed by atoms with Crippen LogP contribution < -0.4 is 4.90 Å². The molecule has 0 spiro atoms. The average molecular weight is 690 g/mol. The summed E-state index contributed by atoms with van der Waals surface area (Å²) in [4.78, 5) is 2.33. The van der Waals surface area contributed by atoms with Gasteiger partial charge in [-0.3, -0.25) is 0 Å². The third kappa shape index (κ3) is 5.62. The molecular formula is C52H35NO. The van der Waals surface area contributed by atoms with Crippen LogP contribution in [0.3, 0.4) is 0 Å². The molecule has 0 atom stereocenters. The summed E-state index contributed by atoms with van der Waals surface area (Å²) in [6.45, 7) is 0. The smallest absolute Gasteiger partial charge is 0.143 e. The van der Waals surface area contributed by atoms with E-state index in [4.69, 9.17) is 4.42 Å².